The summed E-state index contributed by atoms with van der Waals surface area (Å²) in [6, 6.07) is 0. The van der Waals surface area contributed by atoms with Gasteiger partial charge in [0.1, 0.15) is 0 Å². The molecular formula is C6H9NO4. The molecule has 2 atom stereocenters. The standard InChI is InChI=1S/C6H9NO4/c1-3-4(8)11-6(2,7)5(9)10-3/h3H,7H2,1-2H3. The number of carbonyl (C=O) groups excluding carboxylic acids is 2. The number of rotatable bonds is 0. The van der Waals surface area contributed by atoms with Crippen LogP contribution in [0, 0.1) is 0 Å². The lowest BCUT2D eigenvalue weighted by Crippen LogP contribution is -2.56. The Labute approximate surface area is 63.4 Å². The van der Waals surface area contributed by atoms with Crippen molar-refractivity contribution in [3.05, 3.63) is 0 Å². The topological polar surface area (TPSA) is 78.6 Å². The first-order valence-corrected chi connectivity index (χ1v) is 3.16. The van der Waals surface area contributed by atoms with Crippen LogP contribution in [-0.2, 0) is 19.1 Å². The van der Waals surface area contributed by atoms with Gasteiger partial charge in [0.2, 0.25) is 0 Å². The van der Waals surface area contributed by atoms with Gasteiger partial charge in [-0.1, -0.05) is 0 Å². The highest BCUT2D eigenvalue weighted by Crippen LogP contribution is 2.15. The molecule has 0 radical (unpaired) electrons. The number of esters is 2. The van der Waals surface area contributed by atoms with Crippen LogP contribution in [-0.4, -0.2) is 23.8 Å². The third kappa shape index (κ3) is 1.32. The Hall–Kier alpha value is -1.10. The van der Waals surface area contributed by atoms with Crippen molar-refractivity contribution in [2.45, 2.75) is 25.7 Å². The van der Waals surface area contributed by atoms with Crippen molar-refractivity contribution in [1.82, 2.24) is 0 Å². The highest BCUT2D eigenvalue weighted by atomic mass is 16.7. The van der Waals surface area contributed by atoms with Gasteiger partial charge in [0.25, 0.3) is 5.72 Å². The van der Waals surface area contributed by atoms with Gasteiger partial charge in [0, 0.05) is 6.92 Å². The van der Waals surface area contributed by atoms with Crippen molar-refractivity contribution in [3.63, 3.8) is 0 Å². The third-order valence-electron chi connectivity index (χ3n) is 1.33. The van der Waals surface area contributed by atoms with E-state index in [2.05, 4.69) is 9.47 Å². The molecular weight excluding hydrogens is 150 g/mol. The number of ether oxygens (including phenoxy) is 2. The lowest BCUT2D eigenvalue weighted by Gasteiger charge is -2.30. The minimum Gasteiger partial charge on any atom is -0.447 e. The average molecular weight is 159 g/mol. The second-order valence-electron chi connectivity index (χ2n) is 2.58. The molecule has 0 bridgehead atoms. The molecule has 1 heterocycles. The summed E-state index contributed by atoms with van der Waals surface area (Å²) in [7, 11) is 0. The Balaban J connectivity index is 2.79. The van der Waals surface area contributed by atoms with E-state index in [9.17, 15) is 9.59 Å². The Morgan fingerprint density at radius 2 is 2.09 bits per heavy atom. The number of cyclic esters (lactones) is 2. The van der Waals surface area contributed by atoms with E-state index >= 15 is 0 Å². The van der Waals surface area contributed by atoms with Crippen molar-refractivity contribution in [2.24, 2.45) is 5.73 Å². The molecule has 5 heteroatoms. The summed E-state index contributed by atoms with van der Waals surface area (Å²) in [6.07, 6.45) is -0.848. The predicted molar refractivity (Wildman–Crippen MR) is 34.2 cm³/mol. The summed E-state index contributed by atoms with van der Waals surface area (Å²) >= 11 is 0. The average Bonchev–Trinajstić information content (AvgIpc) is 1.83. The molecule has 62 valence electrons. The Kier molecular flexibility index (Phi) is 1.60. The summed E-state index contributed by atoms with van der Waals surface area (Å²) in [5, 5.41) is 0. The van der Waals surface area contributed by atoms with Crippen LogP contribution in [0.1, 0.15) is 13.8 Å². The minimum absolute atomic E-state index is 0.616. The van der Waals surface area contributed by atoms with Crippen LogP contribution in [0.15, 0.2) is 0 Å². The molecule has 0 aliphatic carbocycles. The summed E-state index contributed by atoms with van der Waals surface area (Å²) in [5.74, 6) is -1.33. The van der Waals surface area contributed by atoms with Gasteiger partial charge < -0.3 is 9.47 Å². The lowest BCUT2D eigenvalue weighted by molar-refractivity contribution is -0.206. The molecule has 0 aromatic rings. The quantitative estimate of drug-likeness (QED) is 0.466. The van der Waals surface area contributed by atoms with Crippen LogP contribution < -0.4 is 5.73 Å². The number of carbonyl (C=O) groups is 2. The first-order valence-electron chi connectivity index (χ1n) is 3.16. The van der Waals surface area contributed by atoms with Crippen molar-refractivity contribution in [2.75, 3.05) is 0 Å². The molecule has 0 aromatic heterocycles. The van der Waals surface area contributed by atoms with Crippen LogP contribution in [0.25, 0.3) is 0 Å². The second kappa shape index (κ2) is 2.20. The van der Waals surface area contributed by atoms with Gasteiger partial charge in [-0.3, -0.25) is 5.73 Å². The number of nitrogens with two attached hydrogens (primary N) is 1. The molecule has 0 spiro atoms. The van der Waals surface area contributed by atoms with E-state index in [-0.39, 0.29) is 0 Å². The number of hydrogen-bond donors (Lipinski definition) is 1. The van der Waals surface area contributed by atoms with Crippen molar-refractivity contribution in [3.8, 4) is 0 Å². The van der Waals surface area contributed by atoms with E-state index in [1.807, 2.05) is 0 Å². The fourth-order valence-electron chi connectivity index (χ4n) is 0.659. The van der Waals surface area contributed by atoms with E-state index in [0.717, 1.165) is 0 Å². The summed E-state index contributed by atoms with van der Waals surface area (Å²) in [4.78, 5) is 21.6. The highest BCUT2D eigenvalue weighted by molar-refractivity contribution is 5.89. The van der Waals surface area contributed by atoms with Crippen molar-refractivity contribution < 1.29 is 19.1 Å². The highest BCUT2D eigenvalue weighted by Gasteiger charge is 2.42. The van der Waals surface area contributed by atoms with Crippen LogP contribution in [0.2, 0.25) is 0 Å². The molecule has 0 aromatic carbocycles. The zero-order valence-electron chi connectivity index (χ0n) is 6.29. The SMILES string of the molecule is CC1OC(=O)C(C)(N)OC1=O. The van der Waals surface area contributed by atoms with Gasteiger partial charge in [-0.2, -0.15) is 0 Å². The van der Waals surface area contributed by atoms with Crippen LogP contribution >= 0.6 is 0 Å². The van der Waals surface area contributed by atoms with Crippen LogP contribution in [0.5, 0.6) is 0 Å². The largest absolute Gasteiger partial charge is 0.447 e. The molecule has 11 heavy (non-hydrogen) atoms. The number of hydrogen-bond acceptors (Lipinski definition) is 5. The normalized spacial score (nSPS) is 37.9. The lowest BCUT2D eigenvalue weighted by atomic mass is 10.2. The first-order chi connectivity index (χ1) is 4.93. The van der Waals surface area contributed by atoms with E-state index in [1.165, 1.54) is 13.8 Å². The van der Waals surface area contributed by atoms with E-state index in [1.54, 1.807) is 0 Å². The summed E-state index contributed by atoms with van der Waals surface area (Å²) < 4.78 is 9.14. The van der Waals surface area contributed by atoms with Crippen LogP contribution in [0.3, 0.4) is 0 Å². The second-order valence-corrected chi connectivity index (χ2v) is 2.58. The first kappa shape index (κ1) is 8.00. The molecule has 1 aliphatic heterocycles. The Bertz CT molecular complexity index is 211. The maximum Gasteiger partial charge on any atom is 0.366 e. The monoisotopic (exact) mass is 159 g/mol. The Morgan fingerprint density at radius 3 is 2.55 bits per heavy atom. The van der Waals surface area contributed by atoms with Gasteiger partial charge >= 0.3 is 11.9 Å². The predicted octanol–water partition coefficient (Wildman–Crippen LogP) is -0.850. The smallest absolute Gasteiger partial charge is 0.366 e. The van der Waals surface area contributed by atoms with E-state index in [0.29, 0.717) is 0 Å². The fraction of sp³-hybridized carbons (Fsp3) is 0.667. The van der Waals surface area contributed by atoms with E-state index in [4.69, 9.17) is 5.73 Å². The summed E-state index contributed by atoms with van der Waals surface area (Å²) in [6.45, 7) is 2.70. The Morgan fingerprint density at radius 1 is 1.55 bits per heavy atom. The van der Waals surface area contributed by atoms with E-state index < -0.39 is 23.8 Å². The van der Waals surface area contributed by atoms with Gasteiger partial charge in [0.05, 0.1) is 0 Å². The minimum atomic E-state index is -1.62. The molecule has 0 amide bonds. The van der Waals surface area contributed by atoms with Crippen molar-refractivity contribution in [1.29, 1.82) is 0 Å². The maximum absolute atomic E-state index is 10.8. The van der Waals surface area contributed by atoms with Crippen LogP contribution in [0.4, 0.5) is 0 Å². The van der Waals surface area contributed by atoms with Gasteiger partial charge in [-0.25, -0.2) is 9.59 Å². The fourth-order valence-corrected chi connectivity index (χ4v) is 0.659. The molecule has 2 unspecified atom stereocenters. The van der Waals surface area contributed by atoms with Gasteiger partial charge in [-0.15, -0.1) is 0 Å². The molecule has 1 saturated heterocycles. The zero-order valence-corrected chi connectivity index (χ0v) is 6.29. The zero-order chi connectivity index (χ0) is 8.65. The van der Waals surface area contributed by atoms with Gasteiger partial charge in [-0.05, 0) is 6.92 Å². The molecule has 0 saturated carbocycles. The van der Waals surface area contributed by atoms with Crippen molar-refractivity contribution >= 4 is 11.9 Å². The summed E-state index contributed by atoms with van der Waals surface area (Å²) in [5.41, 5.74) is 3.63. The maximum atomic E-state index is 10.8. The molecule has 1 aliphatic rings. The third-order valence-corrected chi connectivity index (χ3v) is 1.33. The van der Waals surface area contributed by atoms with Gasteiger partial charge in [0.15, 0.2) is 6.10 Å². The molecule has 1 rings (SSSR count). The molecule has 2 N–H and O–H groups in total. The molecule has 5 nitrogen and oxygen atoms in total. The molecule has 1 fully saturated rings.